The van der Waals surface area contributed by atoms with Crippen molar-refractivity contribution in [1.29, 1.82) is 5.26 Å². The molecule has 0 aliphatic heterocycles. The van der Waals surface area contributed by atoms with Crippen LogP contribution in [0.5, 0.6) is 0 Å². The minimum atomic E-state index is -0.657. The standard InChI is InChI=1S/C26H24FN5/c1-18(31-25(17-28)20-10-12-22(27)13-11-20)21-8-5-9-23(16-21)32-26(30)15-14-24(29)19-6-3-2-4-7-19/h2-16,25,31-32H,1,29-30H2/b24-14-,26-15+. The first kappa shape index (κ1) is 22.2. The lowest BCUT2D eigenvalue weighted by molar-refractivity contribution is 0.626. The van der Waals surface area contributed by atoms with E-state index in [4.69, 9.17) is 11.5 Å². The van der Waals surface area contributed by atoms with Crippen LogP contribution in [0.4, 0.5) is 10.1 Å². The number of allylic oxidation sites excluding steroid dienone is 2. The Balaban J connectivity index is 1.68. The Labute approximate surface area is 187 Å². The first-order chi connectivity index (χ1) is 15.5. The van der Waals surface area contributed by atoms with Crippen molar-refractivity contribution < 1.29 is 4.39 Å². The van der Waals surface area contributed by atoms with E-state index >= 15 is 0 Å². The SMILES string of the molecule is C=C(NC(C#N)c1ccc(F)cc1)c1cccc(N/C(N)=C/C=C(\N)c2ccccc2)c1. The van der Waals surface area contributed by atoms with Gasteiger partial charge in [-0.2, -0.15) is 5.26 Å². The van der Waals surface area contributed by atoms with Gasteiger partial charge in [-0.15, -0.1) is 0 Å². The molecule has 0 saturated heterocycles. The van der Waals surface area contributed by atoms with Crippen LogP contribution in [0.2, 0.25) is 0 Å². The number of rotatable bonds is 8. The molecule has 5 nitrogen and oxygen atoms in total. The molecule has 0 bridgehead atoms. The number of nitrogens with two attached hydrogens (primary N) is 2. The highest BCUT2D eigenvalue weighted by Gasteiger charge is 2.12. The summed E-state index contributed by atoms with van der Waals surface area (Å²) in [5.74, 6) is 0.0647. The third kappa shape index (κ3) is 6.00. The van der Waals surface area contributed by atoms with Crippen LogP contribution >= 0.6 is 0 Å². The molecule has 0 fully saturated rings. The van der Waals surface area contributed by atoms with E-state index in [9.17, 15) is 9.65 Å². The number of halogens is 1. The normalized spacial score (nSPS) is 12.5. The first-order valence-corrected chi connectivity index (χ1v) is 9.92. The van der Waals surface area contributed by atoms with Crippen LogP contribution in [0.1, 0.15) is 22.7 Å². The van der Waals surface area contributed by atoms with Gasteiger partial charge < -0.3 is 22.1 Å². The molecule has 32 heavy (non-hydrogen) atoms. The topological polar surface area (TPSA) is 99.9 Å². The number of benzene rings is 3. The molecule has 0 spiro atoms. The van der Waals surface area contributed by atoms with Gasteiger partial charge >= 0.3 is 0 Å². The molecule has 0 heterocycles. The molecular formula is C26H24FN5. The second-order valence-corrected chi connectivity index (χ2v) is 7.05. The second-order valence-electron chi connectivity index (χ2n) is 7.05. The Morgan fingerprint density at radius 1 is 0.938 bits per heavy atom. The average Bonchev–Trinajstić information content (AvgIpc) is 2.82. The van der Waals surface area contributed by atoms with E-state index in [-0.39, 0.29) is 5.82 Å². The third-order valence-electron chi connectivity index (χ3n) is 4.70. The van der Waals surface area contributed by atoms with Crippen molar-refractivity contribution in [2.75, 3.05) is 5.32 Å². The predicted molar refractivity (Wildman–Crippen MR) is 128 cm³/mol. The van der Waals surface area contributed by atoms with Gasteiger partial charge in [0.05, 0.1) is 6.07 Å². The van der Waals surface area contributed by atoms with E-state index in [1.807, 2.05) is 54.6 Å². The van der Waals surface area contributed by atoms with Crippen molar-refractivity contribution in [3.05, 3.63) is 126 Å². The maximum absolute atomic E-state index is 13.2. The van der Waals surface area contributed by atoms with Gasteiger partial charge in [0.25, 0.3) is 0 Å². The summed E-state index contributed by atoms with van der Waals surface area (Å²) in [5, 5.41) is 15.7. The zero-order valence-corrected chi connectivity index (χ0v) is 17.4. The molecule has 160 valence electrons. The molecular weight excluding hydrogens is 401 g/mol. The highest BCUT2D eigenvalue weighted by atomic mass is 19.1. The summed E-state index contributed by atoms with van der Waals surface area (Å²) >= 11 is 0. The van der Waals surface area contributed by atoms with Gasteiger partial charge in [-0.1, -0.05) is 61.2 Å². The zero-order chi connectivity index (χ0) is 22.9. The molecule has 0 aliphatic rings. The quantitative estimate of drug-likeness (QED) is 0.386. The molecule has 1 unspecified atom stereocenters. The van der Waals surface area contributed by atoms with Gasteiger partial charge in [0.2, 0.25) is 0 Å². The van der Waals surface area contributed by atoms with Gasteiger partial charge in [-0.3, -0.25) is 0 Å². The van der Waals surface area contributed by atoms with Crippen molar-refractivity contribution in [3.63, 3.8) is 0 Å². The summed E-state index contributed by atoms with van der Waals surface area (Å²) in [6.07, 6.45) is 3.44. The number of nitriles is 1. The lowest BCUT2D eigenvalue weighted by atomic mass is 10.1. The summed E-state index contributed by atoms with van der Waals surface area (Å²) in [4.78, 5) is 0. The number of hydrogen-bond acceptors (Lipinski definition) is 5. The molecule has 0 aliphatic carbocycles. The molecule has 1 atom stereocenters. The first-order valence-electron chi connectivity index (χ1n) is 9.92. The maximum atomic E-state index is 13.2. The van der Waals surface area contributed by atoms with E-state index in [2.05, 4.69) is 23.3 Å². The molecule has 0 radical (unpaired) electrons. The van der Waals surface area contributed by atoms with Gasteiger partial charge in [0.1, 0.15) is 17.7 Å². The fourth-order valence-electron chi connectivity index (χ4n) is 3.00. The van der Waals surface area contributed by atoms with Gasteiger partial charge in [0.15, 0.2) is 0 Å². The van der Waals surface area contributed by atoms with Crippen LogP contribution in [0.15, 0.2) is 103 Å². The molecule has 0 saturated carbocycles. The Bertz CT molecular complexity index is 1170. The van der Waals surface area contributed by atoms with Crippen molar-refractivity contribution in [1.82, 2.24) is 5.32 Å². The Hall–Kier alpha value is -4.50. The highest BCUT2D eigenvalue weighted by molar-refractivity contribution is 5.68. The summed E-state index contributed by atoms with van der Waals surface area (Å²) in [5.41, 5.74) is 16.4. The summed E-state index contributed by atoms with van der Waals surface area (Å²) in [6, 6.07) is 24.4. The van der Waals surface area contributed by atoms with Crippen LogP contribution in [0.25, 0.3) is 11.4 Å². The minimum Gasteiger partial charge on any atom is -0.398 e. The van der Waals surface area contributed by atoms with Crippen molar-refractivity contribution >= 4 is 17.1 Å². The third-order valence-corrected chi connectivity index (χ3v) is 4.70. The predicted octanol–water partition coefficient (Wildman–Crippen LogP) is 4.86. The highest BCUT2D eigenvalue weighted by Crippen LogP contribution is 2.21. The van der Waals surface area contributed by atoms with Crippen molar-refractivity contribution in [3.8, 4) is 6.07 Å². The number of nitrogens with zero attached hydrogens (tertiary/aromatic N) is 1. The molecule has 3 rings (SSSR count). The van der Waals surface area contributed by atoms with Gasteiger partial charge in [-0.05, 0) is 53.1 Å². The smallest absolute Gasteiger partial charge is 0.140 e. The molecule has 6 heteroatoms. The monoisotopic (exact) mass is 425 g/mol. The Morgan fingerprint density at radius 3 is 2.31 bits per heavy atom. The molecule has 0 aromatic heterocycles. The fourth-order valence-corrected chi connectivity index (χ4v) is 3.00. The largest absolute Gasteiger partial charge is 0.398 e. The van der Waals surface area contributed by atoms with E-state index < -0.39 is 6.04 Å². The van der Waals surface area contributed by atoms with Gasteiger partial charge in [-0.25, -0.2) is 4.39 Å². The van der Waals surface area contributed by atoms with Crippen LogP contribution < -0.4 is 22.1 Å². The van der Waals surface area contributed by atoms with Gasteiger partial charge in [0, 0.05) is 17.1 Å². The van der Waals surface area contributed by atoms with E-state index in [1.165, 1.54) is 12.1 Å². The zero-order valence-electron chi connectivity index (χ0n) is 17.4. The number of anilines is 1. The van der Waals surface area contributed by atoms with E-state index in [0.29, 0.717) is 22.8 Å². The summed E-state index contributed by atoms with van der Waals surface area (Å²) in [6.45, 7) is 4.03. The van der Waals surface area contributed by atoms with Crippen LogP contribution in [0, 0.1) is 17.1 Å². The van der Waals surface area contributed by atoms with Crippen LogP contribution in [0.3, 0.4) is 0 Å². The molecule has 3 aromatic carbocycles. The Morgan fingerprint density at radius 2 is 1.62 bits per heavy atom. The minimum absolute atomic E-state index is 0.353. The van der Waals surface area contributed by atoms with E-state index in [0.717, 1.165) is 16.8 Å². The second kappa shape index (κ2) is 10.5. The van der Waals surface area contributed by atoms with E-state index in [1.54, 1.807) is 24.3 Å². The summed E-state index contributed by atoms with van der Waals surface area (Å²) < 4.78 is 13.2. The molecule has 6 N–H and O–H groups in total. The lowest BCUT2D eigenvalue weighted by Crippen LogP contribution is -2.18. The van der Waals surface area contributed by atoms with Crippen LogP contribution in [-0.2, 0) is 0 Å². The van der Waals surface area contributed by atoms with Crippen molar-refractivity contribution in [2.24, 2.45) is 11.5 Å². The molecule has 3 aromatic rings. The Kier molecular flexibility index (Phi) is 7.29. The average molecular weight is 426 g/mol. The number of nitrogens with one attached hydrogen (secondary N) is 2. The maximum Gasteiger partial charge on any atom is 0.140 e. The van der Waals surface area contributed by atoms with Crippen LogP contribution in [-0.4, -0.2) is 0 Å². The lowest BCUT2D eigenvalue weighted by Gasteiger charge is -2.16. The number of hydrogen-bond donors (Lipinski definition) is 4. The van der Waals surface area contributed by atoms with Crippen molar-refractivity contribution in [2.45, 2.75) is 6.04 Å². The fraction of sp³-hybridized carbons (Fsp3) is 0.0385. The molecule has 0 amide bonds. The summed E-state index contributed by atoms with van der Waals surface area (Å²) in [7, 11) is 0.